The fourth-order valence-electron chi connectivity index (χ4n) is 1.86. The van der Waals surface area contributed by atoms with Gasteiger partial charge in [-0.1, -0.05) is 0 Å². The monoisotopic (exact) mass is 206 g/mol. The highest BCUT2D eigenvalue weighted by Crippen LogP contribution is 2.36. The van der Waals surface area contributed by atoms with Gasteiger partial charge in [0.05, 0.1) is 5.56 Å². The van der Waals surface area contributed by atoms with Crippen molar-refractivity contribution in [3.8, 4) is 11.5 Å². The van der Waals surface area contributed by atoms with Crippen LogP contribution in [0.3, 0.4) is 0 Å². The van der Waals surface area contributed by atoms with Crippen LogP contribution >= 0.6 is 0 Å². The normalized spacial score (nSPS) is 15.3. The van der Waals surface area contributed by atoms with Gasteiger partial charge in [-0.25, -0.2) is 0 Å². The van der Waals surface area contributed by atoms with E-state index in [-0.39, 0.29) is 47.0 Å². The van der Waals surface area contributed by atoms with E-state index in [1.165, 1.54) is 0 Å². The third kappa shape index (κ3) is 1.29. The lowest BCUT2D eigenvalue weighted by Crippen LogP contribution is -2.18. The minimum Gasteiger partial charge on any atom is -0.508 e. The SMILES string of the molecule is Cc1c(O)cc(O)c2c1C(=O)CCC2=O. The zero-order valence-corrected chi connectivity index (χ0v) is 8.20. The van der Waals surface area contributed by atoms with Crippen molar-refractivity contribution in [1.82, 2.24) is 0 Å². The van der Waals surface area contributed by atoms with E-state index in [1.54, 1.807) is 6.92 Å². The molecule has 1 aromatic rings. The first-order valence-electron chi connectivity index (χ1n) is 4.64. The van der Waals surface area contributed by atoms with E-state index in [0.29, 0.717) is 5.56 Å². The highest BCUT2D eigenvalue weighted by Gasteiger charge is 2.29. The molecule has 0 atom stereocenters. The highest BCUT2D eigenvalue weighted by molar-refractivity contribution is 6.16. The summed E-state index contributed by atoms with van der Waals surface area (Å²) in [6.07, 6.45) is 0.277. The third-order valence-electron chi connectivity index (χ3n) is 2.68. The van der Waals surface area contributed by atoms with E-state index in [1.807, 2.05) is 0 Å². The number of fused-ring (bicyclic) bond motifs is 1. The number of Topliss-reactive ketones (excluding diaryl/α,β-unsaturated/α-hetero) is 2. The van der Waals surface area contributed by atoms with Crippen LogP contribution < -0.4 is 0 Å². The van der Waals surface area contributed by atoms with Gasteiger partial charge in [-0.05, 0) is 6.92 Å². The maximum absolute atomic E-state index is 11.6. The predicted octanol–water partition coefficient (Wildman–Crippen LogP) is 1.57. The van der Waals surface area contributed by atoms with Crippen LogP contribution in [-0.4, -0.2) is 21.8 Å². The molecule has 0 aromatic heterocycles. The van der Waals surface area contributed by atoms with Gasteiger partial charge in [0.25, 0.3) is 0 Å². The molecule has 2 N–H and O–H groups in total. The Kier molecular flexibility index (Phi) is 2.00. The van der Waals surface area contributed by atoms with E-state index in [0.717, 1.165) is 6.07 Å². The van der Waals surface area contributed by atoms with Crippen LogP contribution in [0.25, 0.3) is 0 Å². The van der Waals surface area contributed by atoms with Crippen LogP contribution in [0.2, 0.25) is 0 Å². The Hall–Kier alpha value is -1.84. The van der Waals surface area contributed by atoms with Gasteiger partial charge in [-0.15, -0.1) is 0 Å². The second-order valence-electron chi connectivity index (χ2n) is 3.64. The third-order valence-corrected chi connectivity index (χ3v) is 2.68. The van der Waals surface area contributed by atoms with E-state index >= 15 is 0 Å². The van der Waals surface area contributed by atoms with Crippen molar-refractivity contribution in [3.63, 3.8) is 0 Å². The molecule has 0 bridgehead atoms. The van der Waals surface area contributed by atoms with E-state index in [9.17, 15) is 19.8 Å². The van der Waals surface area contributed by atoms with Crippen LogP contribution in [0.1, 0.15) is 39.1 Å². The maximum atomic E-state index is 11.6. The minimum absolute atomic E-state index is 0.0570. The molecule has 4 nitrogen and oxygen atoms in total. The van der Waals surface area contributed by atoms with Gasteiger partial charge in [0.1, 0.15) is 11.5 Å². The number of carbonyl (C=O) groups excluding carboxylic acids is 2. The number of hydrogen-bond donors (Lipinski definition) is 2. The topological polar surface area (TPSA) is 74.6 Å². The van der Waals surface area contributed by atoms with Gasteiger partial charge in [0.2, 0.25) is 0 Å². The Morgan fingerprint density at radius 3 is 2.13 bits per heavy atom. The van der Waals surface area contributed by atoms with Crippen molar-refractivity contribution in [1.29, 1.82) is 0 Å². The first-order valence-corrected chi connectivity index (χ1v) is 4.64. The highest BCUT2D eigenvalue weighted by atomic mass is 16.3. The molecule has 0 heterocycles. The molecular formula is C11H10O4. The van der Waals surface area contributed by atoms with Crippen molar-refractivity contribution in [2.24, 2.45) is 0 Å². The molecule has 0 spiro atoms. The first kappa shape index (κ1) is 9.71. The molecule has 1 aliphatic carbocycles. The Bertz CT molecular complexity index is 474. The van der Waals surface area contributed by atoms with Gasteiger partial charge in [0.15, 0.2) is 11.6 Å². The fraction of sp³-hybridized carbons (Fsp3) is 0.273. The molecule has 0 aliphatic heterocycles. The predicted molar refractivity (Wildman–Crippen MR) is 52.4 cm³/mol. The molecule has 1 aliphatic rings. The maximum Gasteiger partial charge on any atom is 0.167 e. The second kappa shape index (κ2) is 3.08. The van der Waals surface area contributed by atoms with Crippen molar-refractivity contribution in [3.05, 3.63) is 22.8 Å². The number of aromatic hydroxyl groups is 2. The largest absolute Gasteiger partial charge is 0.508 e. The summed E-state index contributed by atoms with van der Waals surface area (Å²) >= 11 is 0. The van der Waals surface area contributed by atoms with Gasteiger partial charge < -0.3 is 10.2 Å². The van der Waals surface area contributed by atoms with E-state index in [4.69, 9.17) is 0 Å². The van der Waals surface area contributed by atoms with Crippen LogP contribution in [0.4, 0.5) is 0 Å². The molecule has 1 aromatic carbocycles. The lowest BCUT2D eigenvalue weighted by molar-refractivity contribution is 0.0886. The van der Waals surface area contributed by atoms with Crippen molar-refractivity contribution < 1.29 is 19.8 Å². The average molecular weight is 206 g/mol. The number of phenols is 2. The quantitative estimate of drug-likeness (QED) is 0.675. The molecule has 2 rings (SSSR count). The number of carbonyl (C=O) groups is 2. The number of ketones is 2. The van der Waals surface area contributed by atoms with Gasteiger partial charge >= 0.3 is 0 Å². The van der Waals surface area contributed by atoms with Crippen LogP contribution in [0.5, 0.6) is 11.5 Å². The minimum atomic E-state index is -0.314. The lowest BCUT2D eigenvalue weighted by Gasteiger charge is -2.17. The Labute approximate surface area is 86.2 Å². The van der Waals surface area contributed by atoms with E-state index < -0.39 is 0 Å². The van der Waals surface area contributed by atoms with Gasteiger partial charge in [0, 0.05) is 30.0 Å². The van der Waals surface area contributed by atoms with Gasteiger partial charge in [-0.3, -0.25) is 9.59 Å². The zero-order valence-electron chi connectivity index (χ0n) is 8.20. The summed E-state index contributed by atoms with van der Waals surface area (Å²) in [4.78, 5) is 23.1. The summed E-state index contributed by atoms with van der Waals surface area (Å²) in [7, 11) is 0. The summed E-state index contributed by atoms with van der Waals surface area (Å²) < 4.78 is 0. The van der Waals surface area contributed by atoms with Crippen LogP contribution in [-0.2, 0) is 0 Å². The van der Waals surface area contributed by atoms with Crippen molar-refractivity contribution >= 4 is 11.6 Å². The Balaban J connectivity index is 2.82. The Morgan fingerprint density at radius 2 is 1.53 bits per heavy atom. The summed E-state index contributed by atoms with van der Waals surface area (Å²) in [6.45, 7) is 1.56. The smallest absolute Gasteiger partial charge is 0.167 e. The summed E-state index contributed by atoms with van der Waals surface area (Å²) in [5.41, 5.74) is 0.589. The summed E-state index contributed by atoms with van der Waals surface area (Å²) in [5, 5.41) is 19.0. The van der Waals surface area contributed by atoms with Crippen molar-refractivity contribution in [2.45, 2.75) is 19.8 Å². The number of rotatable bonds is 0. The zero-order chi connectivity index (χ0) is 11.2. The molecule has 0 saturated heterocycles. The van der Waals surface area contributed by atoms with Crippen molar-refractivity contribution in [2.75, 3.05) is 0 Å². The molecule has 4 heteroatoms. The first-order chi connectivity index (χ1) is 7.02. The molecule has 0 unspecified atom stereocenters. The van der Waals surface area contributed by atoms with E-state index in [2.05, 4.69) is 0 Å². The molecule has 0 saturated carbocycles. The second-order valence-corrected chi connectivity index (χ2v) is 3.64. The number of phenolic OH excluding ortho intramolecular Hbond substituents is 2. The number of benzene rings is 1. The standard InChI is InChI=1S/C11H10O4/c1-5-8(14)4-9(15)11-7(13)3-2-6(12)10(5)11/h4,14-15H,2-3H2,1H3. The molecule has 0 fully saturated rings. The van der Waals surface area contributed by atoms with Crippen LogP contribution in [0.15, 0.2) is 6.07 Å². The molecule has 0 radical (unpaired) electrons. The summed E-state index contributed by atoms with van der Waals surface area (Å²) in [5.74, 6) is -0.918. The summed E-state index contributed by atoms with van der Waals surface area (Å²) in [6, 6.07) is 1.10. The molecular weight excluding hydrogens is 196 g/mol. The lowest BCUT2D eigenvalue weighted by atomic mass is 9.86. The molecule has 78 valence electrons. The van der Waals surface area contributed by atoms with Crippen LogP contribution in [0, 0.1) is 6.92 Å². The molecule has 0 amide bonds. The average Bonchev–Trinajstić information content (AvgIpc) is 2.18. The Morgan fingerprint density at radius 1 is 1.00 bits per heavy atom. The molecule has 15 heavy (non-hydrogen) atoms. The van der Waals surface area contributed by atoms with Gasteiger partial charge in [-0.2, -0.15) is 0 Å². The number of hydrogen-bond acceptors (Lipinski definition) is 4. The fourth-order valence-corrected chi connectivity index (χ4v) is 1.86.